The van der Waals surface area contributed by atoms with Crippen LogP contribution in [0.1, 0.15) is 6.42 Å². The molecule has 1 aliphatic heterocycles. The van der Waals surface area contributed by atoms with Gasteiger partial charge < -0.3 is 15.2 Å². The predicted molar refractivity (Wildman–Crippen MR) is 80.1 cm³/mol. The van der Waals surface area contributed by atoms with Gasteiger partial charge in [-0.05, 0) is 24.3 Å². The summed E-state index contributed by atoms with van der Waals surface area (Å²) in [6, 6.07) is 7.01. The van der Waals surface area contributed by atoms with E-state index in [1.165, 1.54) is 0 Å². The molecule has 0 unspecified atom stereocenters. The second kappa shape index (κ2) is 7.69. The summed E-state index contributed by atoms with van der Waals surface area (Å²) in [4.78, 5) is 11.4. The molecule has 1 aliphatic rings. The summed E-state index contributed by atoms with van der Waals surface area (Å²) in [6.07, 6.45) is 0.401. The Morgan fingerprint density at radius 1 is 1.35 bits per heavy atom. The Kier molecular flexibility index (Phi) is 6.55. The highest BCUT2D eigenvalue weighted by Crippen LogP contribution is 2.18. The molecule has 0 aliphatic carbocycles. The fourth-order valence-corrected chi connectivity index (χ4v) is 2.19. The summed E-state index contributed by atoms with van der Waals surface area (Å²) in [5.41, 5.74) is -0.940. The van der Waals surface area contributed by atoms with Crippen molar-refractivity contribution in [3.63, 3.8) is 0 Å². The van der Waals surface area contributed by atoms with E-state index >= 15 is 0 Å². The van der Waals surface area contributed by atoms with Crippen molar-refractivity contribution >= 4 is 30.0 Å². The first-order valence-corrected chi connectivity index (χ1v) is 6.58. The number of aliphatic carboxylic acids is 1. The van der Waals surface area contributed by atoms with Crippen molar-refractivity contribution in [2.24, 2.45) is 0 Å². The molecule has 1 heterocycles. The first-order chi connectivity index (χ1) is 9.12. The van der Waals surface area contributed by atoms with Crippen LogP contribution in [0.4, 0.5) is 0 Å². The standard InChI is InChI=1S/C13H17ClN2O3.ClH/c14-10-1-3-11(4-2-10)19-8-5-13(12(17)18)9-15-6-7-16-13;/h1-4,15-16H,5-9H2,(H,17,18);1H/t13-;/m1./s1. The number of carbonyl (C=O) groups is 1. The van der Waals surface area contributed by atoms with E-state index < -0.39 is 11.5 Å². The number of halogens is 2. The van der Waals surface area contributed by atoms with Gasteiger partial charge in [0.25, 0.3) is 0 Å². The molecule has 2 rings (SSSR count). The number of piperazine rings is 1. The van der Waals surface area contributed by atoms with E-state index in [4.69, 9.17) is 16.3 Å². The molecule has 0 spiro atoms. The second-order valence-electron chi connectivity index (χ2n) is 4.54. The molecule has 1 aromatic carbocycles. The third-order valence-electron chi connectivity index (χ3n) is 3.21. The van der Waals surface area contributed by atoms with E-state index in [-0.39, 0.29) is 12.4 Å². The van der Waals surface area contributed by atoms with Crippen molar-refractivity contribution < 1.29 is 14.6 Å². The first-order valence-electron chi connectivity index (χ1n) is 6.20. The Morgan fingerprint density at radius 3 is 2.60 bits per heavy atom. The quantitative estimate of drug-likeness (QED) is 0.768. The molecule has 0 bridgehead atoms. The number of nitrogens with one attached hydrogen (secondary N) is 2. The molecule has 5 nitrogen and oxygen atoms in total. The zero-order valence-electron chi connectivity index (χ0n) is 10.9. The van der Waals surface area contributed by atoms with Crippen LogP contribution in [0.25, 0.3) is 0 Å². The van der Waals surface area contributed by atoms with Gasteiger partial charge in [-0.1, -0.05) is 11.6 Å². The maximum atomic E-state index is 11.4. The maximum Gasteiger partial charge on any atom is 0.325 e. The zero-order chi connectivity index (χ0) is 13.7. The predicted octanol–water partition coefficient (Wildman–Crippen LogP) is 1.55. The van der Waals surface area contributed by atoms with Crippen molar-refractivity contribution in [1.82, 2.24) is 10.6 Å². The summed E-state index contributed by atoms with van der Waals surface area (Å²) in [5.74, 6) is -0.159. The van der Waals surface area contributed by atoms with Gasteiger partial charge in [-0.3, -0.25) is 10.1 Å². The van der Waals surface area contributed by atoms with Crippen LogP contribution >= 0.6 is 24.0 Å². The number of ether oxygens (including phenoxy) is 1. The Labute approximate surface area is 129 Å². The van der Waals surface area contributed by atoms with Gasteiger partial charge in [-0.15, -0.1) is 12.4 Å². The van der Waals surface area contributed by atoms with Crippen molar-refractivity contribution in [1.29, 1.82) is 0 Å². The molecule has 1 fully saturated rings. The number of rotatable bonds is 5. The molecule has 112 valence electrons. The molecule has 0 aromatic heterocycles. The molecular weight excluding hydrogens is 303 g/mol. The van der Waals surface area contributed by atoms with E-state index in [1.54, 1.807) is 24.3 Å². The Balaban J connectivity index is 0.00000200. The summed E-state index contributed by atoms with van der Waals surface area (Å²) in [7, 11) is 0. The minimum absolute atomic E-state index is 0. The van der Waals surface area contributed by atoms with Crippen molar-refractivity contribution in [3.05, 3.63) is 29.3 Å². The molecule has 1 aromatic rings. The molecule has 0 radical (unpaired) electrons. The number of benzene rings is 1. The molecule has 20 heavy (non-hydrogen) atoms. The van der Waals surface area contributed by atoms with Crippen molar-refractivity contribution in [2.45, 2.75) is 12.0 Å². The van der Waals surface area contributed by atoms with Crippen molar-refractivity contribution in [3.8, 4) is 5.75 Å². The smallest absolute Gasteiger partial charge is 0.325 e. The van der Waals surface area contributed by atoms with Gasteiger partial charge in [-0.25, -0.2) is 0 Å². The van der Waals surface area contributed by atoms with Crippen LogP contribution < -0.4 is 15.4 Å². The molecule has 0 amide bonds. The van der Waals surface area contributed by atoms with Crippen LogP contribution in [-0.2, 0) is 4.79 Å². The van der Waals surface area contributed by atoms with E-state index in [0.29, 0.717) is 36.9 Å². The van der Waals surface area contributed by atoms with E-state index in [9.17, 15) is 9.90 Å². The Hall–Kier alpha value is -1.01. The van der Waals surface area contributed by atoms with Crippen LogP contribution in [0.15, 0.2) is 24.3 Å². The van der Waals surface area contributed by atoms with Gasteiger partial charge in [0, 0.05) is 31.1 Å². The van der Waals surface area contributed by atoms with Gasteiger partial charge in [0.05, 0.1) is 6.61 Å². The first kappa shape index (κ1) is 17.0. The maximum absolute atomic E-state index is 11.4. The van der Waals surface area contributed by atoms with Crippen LogP contribution in [0.5, 0.6) is 5.75 Å². The Bertz CT molecular complexity index is 434. The molecule has 3 N–H and O–H groups in total. The summed E-state index contributed by atoms with van der Waals surface area (Å²) in [5, 5.41) is 16.2. The van der Waals surface area contributed by atoms with Gasteiger partial charge >= 0.3 is 5.97 Å². The second-order valence-corrected chi connectivity index (χ2v) is 4.98. The van der Waals surface area contributed by atoms with Crippen LogP contribution in [0.3, 0.4) is 0 Å². The minimum Gasteiger partial charge on any atom is -0.494 e. The SMILES string of the molecule is Cl.O=C(O)[C@@]1(CCOc2ccc(Cl)cc2)CNCCN1. The minimum atomic E-state index is -0.940. The van der Waals surface area contributed by atoms with E-state index in [0.717, 1.165) is 6.54 Å². The lowest BCUT2D eigenvalue weighted by atomic mass is 9.94. The molecule has 0 saturated carbocycles. The van der Waals surface area contributed by atoms with Crippen LogP contribution in [0, 0.1) is 0 Å². The lowest BCUT2D eigenvalue weighted by Gasteiger charge is -2.34. The lowest BCUT2D eigenvalue weighted by Crippen LogP contribution is -2.64. The van der Waals surface area contributed by atoms with Gasteiger partial charge in [0.1, 0.15) is 11.3 Å². The summed E-state index contributed by atoms with van der Waals surface area (Å²) < 4.78 is 5.55. The fourth-order valence-electron chi connectivity index (χ4n) is 2.06. The normalized spacial score (nSPS) is 21.9. The van der Waals surface area contributed by atoms with Gasteiger partial charge in [0.15, 0.2) is 0 Å². The van der Waals surface area contributed by atoms with Crippen LogP contribution in [-0.4, -0.2) is 42.9 Å². The molecular formula is C13H18Cl2N2O3. The average Bonchev–Trinajstić information content (AvgIpc) is 2.42. The molecule has 7 heteroatoms. The molecule has 1 saturated heterocycles. The van der Waals surface area contributed by atoms with Gasteiger partial charge in [-0.2, -0.15) is 0 Å². The lowest BCUT2D eigenvalue weighted by molar-refractivity contribution is -0.146. The number of carboxylic acids is 1. The highest BCUT2D eigenvalue weighted by molar-refractivity contribution is 6.30. The van der Waals surface area contributed by atoms with E-state index in [2.05, 4.69) is 10.6 Å². The highest BCUT2D eigenvalue weighted by atomic mass is 35.5. The van der Waals surface area contributed by atoms with Crippen molar-refractivity contribution in [2.75, 3.05) is 26.2 Å². The molecule has 1 atom stereocenters. The number of carboxylic acid groups (broad SMARTS) is 1. The largest absolute Gasteiger partial charge is 0.494 e. The third-order valence-corrected chi connectivity index (χ3v) is 3.46. The Morgan fingerprint density at radius 2 is 2.05 bits per heavy atom. The average molecular weight is 321 g/mol. The third kappa shape index (κ3) is 4.24. The zero-order valence-corrected chi connectivity index (χ0v) is 12.5. The van der Waals surface area contributed by atoms with Gasteiger partial charge in [0.2, 0.25) is 0 Å². The topological polar surface area (TPSA) is 70.6 Å². The highest BCUT2D eigenvalue weighted by Gasteiger charge is 2.39. The van der Waals surface area contributed by atoms with E-state index in [1.807, 2.05) is 0 Å². The number of hydrogen-bond donors (Lipinski definition) is 3. The van der Waals surface area contributed by atoms with Crippen LogP contribution in [0.2, 0.25) is 5.02 Å². The monoisotopic (exact) mass is 320 g/mol. The number of hydrogen-bond acceptors (Lipinski definition) is 4. The fraction of sp³-hybridized carbons (Fsp3) is 0.462. The summed E-state index contributed by atoms with van der Waals surface area (Å²) in [6.45, 7) is 2.18. The summed E-state index contributed by atoms with van der Waals surface area (Å²) >= 11 is 5.78.